The Balaban J connectivity index is 1.66. The van der Waals surface area contributed by atoms with Crippen LogP contribution in [0, 0.1) is 6.92 Å². The number of hydrogen-bond donors (Lipinski definition) is 1. The van der Waals surface area contributed by atoms with E-state index in [1.807, 2.05) is 0 Å². The van der Waals surface area contributed by atoms with Crippen LogP contribution < -0.4 is 15.0 Å². The molecule has 0 spiro atoms. The molecular formula is C22H26N2O2. The minimum Gasteiger partial charge on any atom is -0.497 e. The number of nitrogens with one attached hydrogen (secondary N) is 1. The molecule has 3 heterocycles. The molecule has 0 amide bonds. The molecule has 26 heavy (non-hydrogen) atoms. The molecule has 0 unspecified atom stereocenters. The molecule has 4 nitrogen and oxygen atoms in total. The van der Waals surface area contributed by atoms with Gasteiger partial charge in [-0.25, -0.2) is 0 Å². The van der Waals surface area contributed by atoms with E-state index in [4.69, 9.17) is 9.47 Å². The normalized spacial score (nSPS) is 24.0. The molecule has 0 aliphatic carbocycles. The third-order valence-corrected chi connectivity index (χ3v) is 6.23. The van der Waals surface area contributed by atoms with Gasteiger partial charge >= 0.3 is 0 Å². The van der Waals surface area contributed by atoms with E-state index in [1.54, 1.807) is 7.11 Å². The van der Waals surface area contributed by atoms with Crippen molar-refractivity contribution in [3.63, 3.8) is 0 Å². The van der Waals surface area contributed by atoms with E-state index in [0.29, 0.717) is 12.0 Å². The van der Waals surface area contributed by atoms with Crippen molar-refractivity contribution in [1.29, 1.82) is 0 Å². The van der Waals surface area contributed by atoms with Crippen molar-refractivity contribution in [1.82, 2.24) is 5.32 Å². The molecule has 0 radical (unpaired) electrons. The van der Waals surface area contributed by atoms with E-state index in [9.17, 15) is 0 Å². The van der Waals surface area contributed by atoms with Crippen LogP contribution in [-0.2, 0) is 11.3 Å². The summed E-state index contributed by atoms with van der Waals surface area (Å²) in [6.07, 6.45) is 1.22. The third-order valence-electron chi connectivity index (χ3n) is 6.23. The van der Waals surface area contributed by atoms with Crippen molar-refractivity contribution in [3.05, 3.63) is 47.0 Å². The Hall–Kier alpha value is -2.04. The summed E-state index contributed by atoms with van der Waals surface area (Å²) in [5.41, 5.74) is 8.15. The fraction of sp³-hybridized carbons (Fsp3) is 0.455. The first kappa shape index (κ1) is 16.2. The van der Waals surface area contributed by atoms with Crippen LogP contribution in [0.4, 0.5) is 5.69 Å². The van der Waals surface area contributed by atoms with Crippen molar-refractivity contribution in [2.45, 2.75) is 31.9 Å². The number of hydrogen-bond acceptors (Lipinski definition) is 4. The summed E-state index contributed by atoms with van der Waals surface area (Å²) >= 11 is 0. The van der Waals surface area contributed by atoms with Gasteiger partial charge in [0, 0.05) is 36.3 Å². The van der Waals surface area contributed by atoms with Crippen LogP contribution in [0.25, 0.3) is 11.1 Å². The molecule has 2 atom stereocenters. The van der Waals surface area contributed by atoms with Crippen LogP contribution in [0.5, 0.6) is 5.75 Å². The molecule has 0 bridgehead atoms. The first-order valence-corrected chi connectivity index (χ1v) is 9.63. The van der Waals surface area contributed by atoms with Crippen molar-refractivity contribution in [2.75, 3.05) is 38.3 Å². The highest BCUT2D eigenvalue weighted by Crippen LogP contribution is 2.48. The third kappa shape index (κ3) is 2.43. The van der Waals surface area contributed by atoms with Gasteiger partial charge in [-0.05, 0) is 66.4 Å². The second-order valence-corrected chi connectivity index (χ2v) is 7.67. The average molecular weight is 350 g/mol. The van der Waals surface area contributed by atoms with Gasteiger partial charge in [0.15, 0.2) is 0 Å². The Bertz CT molecular complexity index is 848. The maximum absolute atomic E-state index is 5.94. The molecule has 3 aliphatic rings. The van der Waals surface area contributed by atoms with Gasteiger partial charge in [0.05, 0.1) is 20.3 Å². The summed E-state index contributed by atoms with van der Waals surface area (Å²) in [5, 5.41) is 3.61. The first-order chi connectivity index (χ1) is 12.8. The minimum absolute atomic E-state index is 0.592. The molecule has 2 aromatic rings. The maximum atomic E-state index is 5.94. The summed E-state index contributed by atoms with van der Waals surface area (Å²) in [7, 11) is 1.72. The van der Waals surface area contributed by atoms with Gasteiger partial charge in [-0.1, -0.05) is 6.07 Å². The van der Waals surface area contributed by atoms with Crippen molar-refractivity contribution in [2.24, 2.45) is 0 Å². The van der Waals surface area contributed by atoms with Gasteiger partial charge in [-0.3, -0.25) is 0 Å². The Morgan fingerprint density at radius 2 is 2.15 bits per heavy atom. The highest BCUT2D eigenvalue weighted by atomic mass is 16.5. The van der Waals surface area contributed by atoms with E-state index in [-0.39, 0.29) is 0 Å². The Kier molecular flexibility index (Phi) is 3.91. The summed E-state index contributed by atoms with van der Waals surface area (Å²) in [6.45, 7) is 6.92. The van der Waals surface area contributed by atoms with E-state index < -0.39 is 0 Å². The lowest BCUT2D eigenvalue weighted by atomic mass is 9.87. The molecule has 0 saturated carbocycles. The standard InChI is InChI=1S/C22H26N2O2/c1-14-9-17(25-2)3-4-18(14)15-10-16-13-26-8-7-24-21-5-6-23-12-20(21)19(11-15)22(16)24/h3-4,9-11,20-21,23H,5-8,12-13H2,1-2H3/t20-,21-/m1/s1. The van der Waals surface area contributed by atoms with Gasteiger partial charge in [0.2, 0.25) is 0 Å². The predicted molar refractivity (Wildman–Crippen MR) is 104 cm³/mol. The van der Waals surface area contributed by atoms with E-state index in [2.05, 4.69) is 47.5 Å². The van der Waals surface area contributed by atoms with Gasteiger partial charge in [0.1, 0.15) is 5.75 Å². The fourth-order valence-corrected chi connectivity index (χ4v) is 5.03. The lowest BCUT2D eigenvalue weighted by Gasteiger charge is -2.33. The van der Waals surface area contributed by atoms with E-state index in [1.165, 1.54) is 39.9 Å². The van der Waals surface area contributed by atoms with Crippen LogP contribution >= 0.6 is 0 Å². The van der Waals surface area contributed by atoms with Crippen LogP contribution in [0.3, 0.4) is 0 Å². The summed E-state index contributed by atoms with van der Waals surface area (Å²) in [4.78, 5) is 2.63. The second kappa shape index (κ2) is 6.29. The molecule has 5 rings (SSSR count). The predicted octanol–water partition coefficient (Wildman–Crippen LogP) is 3.47. The van der Waals surface area contributed by atoms with E-state index >= 15 is 0 Å². The number of aryl methyl sites for hydroxylation is 1. The maximum Gasteiger partial charge on any atom is 0.119 e. The largest absolute Gasteiger partial charge is 0.497 e. The summed E-state index contributed by atoms with van der Waals surface area (Å²) < 4.78 is 11.3. The fourth-order valence-electron chi connectivity index (χ4n) is 5.03. The number of nitrogens with zero attached hydrogens (tertiary/aromatic N) is 1. The molecule has 2 aromatic carbocycles. The number of piperidine rings is 1. The van der Waals surface area contributed by atoms with Gasteiger partial charge < -0.3 is 19.7 Å². The molecular weight excluding hydrogens is 324 g/mol. The Morgan fingerprint density at radius 3 is 3.00 bits per heavy atom. The number of benzene rings is 2. The number of anilines is 1. The number of ether oxygens (including phenoxy) is 2. The minimum atomic E-state index is 0.592. The lowest BCUT2D eigenvalue weighted by molar-refractivity contribution is 0.130. The molecule has 0 aromatic heterocycles. The molecule has 1 N–H and O–H groups in total. The quantitative estimate of drug-likeness (QED) is 0.899. The van der Waals surface area contributed by atoms with Crippen molar-refractivity contribution in [3.8, 4) is 16.9 Å². The van der Waals surface area contributed by atoms with Crippen LogP contribution in [-0.4, -0.2) is 39.4 Å². The SMILES string of the molecule is COc1ccc(-c2cc3c4c(c2)[C@H]2CNCC[C@H]2N4CCOC3)c(C)c1. The topological polar surface area (TPSA) is 33.7 Å². The Labute approximate surface area is 155 Å². The first-order valence-electron chi connectivity index (χ1n) is 9.63. The molecule has 1 fully saturated rings. The van der Waals surface area contributed by atoms with Gasteiger partial charge in [-0.2, -0.15) is 0 Å². The molecule has 4 heteroatoms. The molecule has 136 valence electrons. The van der Waals surface area contributed by atoms with Gasteiger partial charge in [-0.15, -0.1) is 0 Å². The summed E-state index contributed by atoms with van der Waals surface area (Å²) in [6, 6.07) is 11.8. The zero-order chi connectivity index (χ0) is 17.7. The van der Waals surface area contributed by atoms with Crippen molar-refractivity contribution >= 4 is 5.69 Å². The number of rotatable bonds is 2. The number of fused-ring (bicyclic) bond motifs is 3. The smallest absolute Gasteiger partial charge is 0.119 e. The monoisotopic (exact) mass is 350 g/mol. The number of methoxy groups -OCH3 is 1. The average Bonchev–Trinajstić information content (AvgIpc) is 2.83. The zero-order valence-electron chi connectivity index (χ0n) is 15.5. The second-order valence-electron chi connectivity index (χ2n) is 7.67. The van der Waals surface area contributed by atoms with E-state index in [0.717, 1.165) is 38.6 Å². The highest BCUT2D eigenvalue weighted by Gasteiger charge is 2.41. The van der Waals surface area contributed by atoms with Crippen LogP contribution in [0.1, 0.15) is 29.0 Å². The lowest BCUT2D eigenvalue weighted by Crippen LogP contribution is -2.44. The molecule has 3 aliphatic heterocycles. The highest BCUT2D eigenvalue weighted by molar-refractivity contribution is 5.77. The molecule has 1 saturated heterocycles. The van der Waals surface area contributed by atoms with Crippen LogP contribution in [0.2, 0.25) is 0 Å². The van der Waals surface area contributed by atoms with Gasteiger partial charge in [0.25, 0.3) is 0 Å². The Morgan fingerprint density at radius 1 is 1.23 bits per heavy atom. The van der Waals surface area contributed by atoms with Crippen molar-refractivity contribution < 1.29 is 9.47 Å². The zero-order valence-corrected chi connectivity index (χ0v) is 15.5. The summed E-state index contributed by atoms with van der Waals surface area (Å²) in [5.74, 6) is 1.51. The van der Waals surface area contributed by atoms with Crippen LogP contribution in [0.15, 0.2) is 30.3 Å².